The molecular weight excluding hydrogens is 344 g/mol. The molecule has 0 atom stereocenters. The Morgan fingerprint density at radius 3 is 2.52 bits per heavy atom. The summed E-state index contributed by atoms with van der Waals surface area (Å²) in [6.07, 6.45) is 0. The van der Waals surface area contributed by atoms with Crippen molar-refractivity contribution in [1.82, 2.24) is 5.32 Å². The zero-order valence-corrected chi connectivity index (χ0v) is 13.3. The summed E-state index contributed by atoms with van der Waals surface area (Å²) in [4.78, 5) is 11.4. The fourth-order valence-electron chi connectivity index (χ4n) is 1.63. The Hall–Kier alpha value is -2.29. The van der Waals surface area contributed by atoms with Gasteiger partial charge in [0.2, 0.25) is 0 Å². The summed E-state index contributed by atoms with van der Waals surface area (Å²) >= 11 is 5.74. The van der Waals surface area contributed by atoms with Gasteiger partial charge in [0, 0.05) is 10.7 Å². The summed E-state index contributed by atoms with van der Waals surface area (Å²) in [5.41, 5.74) is 0.212. The molecule has 0 aliphatic rings. The minimum Gasteiger partial charge on any atom is -0.473 e. The molecule has 2 aromatic rings. The van der Waals surface area contributed by atoms with E-state index in [0.717, 1.165) is 6.07 Å². The summed E-state index contributed by atoms with van der Waals surface area (Å²) in [5, 5.41) is 5.43. The number of urea groups is 1. The maximum absolute atomic E-state index is 11.7. The number of hydrogen-bond acceptors (Lipinski definition) is 4. The second kappa shape index (κ2) is 7.32. The highest BCUT2D eigenvalue weighted by Crippen LogP contribution is 2.16. The first-order chi connectivity index (χ1) is 10.8. The molecule has 0 unspecified atom stereocenters. The van der Waals surface area contributed by atoms with Crippen molar-refractivity contribution in [3.63, 3.8) is 0 Å². The van der Waals surface area contributed by atoms with Gasteiger partial charge in [0.25, 0.3) is 10.1 Å². The summed E-state index contributed by atoms with van der Waals surface area (Å²) in [6.45, 7) is -0.0918. The predicted octanol–water partition coefficient (Wildman–Crippen LogP) is 2.74. The van der Waals surface area contributed by atoms with Crippen molar-refractivity contribution in [2.75, 3.05) is 12.0 Å². The minimum atomic E-state index is -4.32. The summed E-state index contributed by atoms with van der Waals surface area (Å²) < 4.78 is 36.3. The highest BCUT2D eigenvalue weighted by atomic mass is 35.5. The first kappa shape index (κ1) is 17.1. The van der Waals surface area contributed by atoms with Gasteiger partial charge < -0.3 is 15.4 Å². The summed E-state index contributed by atoms with van der Waals surface area (Å²) in [5.74, 6) is 0.531. The van der Waals surface area contributed by atoms with Crippen molar-refractivity contribution in [3.8, 4) is 5.75 Å². The number of amides is 2. The topological polar surface area (TPSA) is 105 Å². The van der Waals surface area contributed by atoms with E-state index in [1.807, 2.05) is 0 Å². The van der Waals surface area contributed by atoms with Gasteiger partial charge >= 0.3 is 6.03 Å². The van der Waals surface area contributed by atoms with E-state index >= 15 is 0 Å². The number of anilines is 1. The zero-order valence-electron chi connectivity index (χ0n) is 11.7. The lowest BCUT2D eigenvalue weighted by atomic mass is 10.3. The second-order valence-electron chi connectivity index (χ2n) is 4.38. The van der Waals surface area contributed by atoms with Gasteiger partial charge in [0.1, 0.15) is 5.75 Å². The van der Waals surface area contributed by atoms with Crippen LogP contribution in [0.5, 0.6) is 5.75 Å². The molecule has 0 spiro atoms. The highest BCUT2D eigenvalue weighted by Gasteiger charge is 2.10. The molecule has 0 aliphatic carbocycles. The number of nitrogens with one attached hydrogen (secondary N) is 2. The van der Waals surface area contributed by atoms with Crippen molar-refractivity contribution in [3.05, 3.63) is 53.6 Å². The average Bonchev–Trinajstić information content (AvgIpc) is 2.49. The molecule has 0 aromatic heterocycles. The number of hydrogen-bond donors (Lipinski definition) is 3. The SMILES string of the molecule is O=C(NCOc1ccc(Cl)cc1)Nc1cccc(S(=O)(=O)O)c1. The summed E-state index contributed by atoms with van der Waals surface area (Å²) in [7, 11) is -4.32. The third-order valence-corrected chi connectivity index (χ3v) is 3.78. The smallest absolute Gasteiger partial charge is 0.321 e. The molecule has 0 fully saturated rings. The van der Waals surface area contributed by atoms with Crippen LogP contribution >= 0.6 is 11.6 Å². The van der Waals surface area contributed by atoms with Crippen LogP contribution in [0.25, 0.3) is 0 Å². The van der Waals surface area contributed by atoms with Crippen LogP contribution in [0.4, 0.5) is 10.5 Å². The van der Waals surface area contributed by atoms with Gasteiger partial charge in [-0.15, -0.1) is 0 Å². The molecule has 0 aliphatic heterocycles. The van der Waals surface area contributed by atoms with Crippen molar-refractivity contribution in [2.45, 2.75) is 4.90 Å². The Kier molecular flexibility index (Phi) is 5.43. The molecule has 0 saturated carbocycles. The Balaban J connectivity index is 1.86. The summed E-state index contributed by atoms with van der Waals surface area (Å²) in [6, 6.07) is 11.2. The largest absolute Gasteiger partial charge is 0.473 e. The van der Waals surface area contributed by atoms with Crippen molar-refractivity contribution >= 4 is 33.4 Å². The number of carbonyl (C=O) groups excluding carboxylic acids is 1. The molecular formula is C14H13ClN2O5S. The second-order valence-corrected chi connectivity index (χ2v) is 6.23. The van der Waals surface area contributed by atoms with Gasteiger partial charge in [-0.1, -0.05) is 17.7 Å². The van der Waals surface area contributed by atoms with Crippen molar-refractivity contribution < 1.29 is 22.5 Å². The molecule has 3 N–H and O–H groups in total. The normalized spacial score (nSPS) is 10.9. The molecule has 2 rings (SSSR count). The van der Waals surface area contributed by atoms with Gasteiger partial charge in [-0.2, -0.15) is 8.42 Å². The van der Waals surface area contributed by atoms with Crippen LogP contribution in [0.1, 0.15) is 0 Å². The van der Waals surface area contributed by atoms with Gasteiger partial charge in [-0.25, -0.2) is 4.79 Å². The first-order valence-corrected chi connectivity index (χ1v) is 8.17. The highest BCUT2D eigenvalue weighted by molar-refractivity contribution is 7.85. The molecule has 9 heteroatoms. The van der Waals surface area contributed by atoms with Crippen molar-refractivity contribution in [2.24, 2.45) is 0 Å². The van der Waals surface area contributed by atoms with Crippen LogP contribution in [-0.4, -0.2) is 25.7 Å². The van der Waals surface area contributed by atoms with Gasteiger partial charge in [-0.05, 0) is 42.5 Å². The fraction of sp³-hybridized carbons (Fsp3) is 0.0714. The monoisotopic (exact) mass is 356 g/mol. The standard InChI is InChI=1S/C14H13ClN2O5S/c15-10-4-6-12(7-5-10)22-9-16-14(18)17-11-2-1-3-13(8-11)23(19,20)21/h1-8H,9H2,(H2,16,17,18)(H,19,20,21). The van der Waals surface area contributed by atoms with Crippen molar-refractivity contribution in [1.29, 1.82) is 0 Å². The first-order valence-electron chi connectivity index (χ1n) is 6.35. The lowest BCUT2D eigenvalue weighted by Crippen LogP contribution is -2.32. The lowest BCUT2D eigenvalue weighted by molar-refractivity contribution is 0.234. The molecule has 23 heavy (non-hydrogen) atoms. The zero-order chi connectivity index (χ0) is 16.9. The van der Waals surface area contributed by atoms with Crippen LogP contribution in [-0.2, 0) is 10.1 Å². The minimum absolute atomic E-state index is 0.0918. The molecule has 0 radical (unpaired) electrons. The predicted molar refractivity (Wildman–Crippen MR) is 85.4 cm³/mol. The Bertz CT molecular complexity index is 793. The third-order valence-electron chi connectivity index (χ3n) is 2.67. The van der Waals surface area contributed by atoms with E-state index in [9.17, 15) is 13.2 Å². The quantitative estimate of drug-likeness (QED) is 0.564. The number of carbonyl (C=O) groups is 1. The third kappa shape index (κ3) is 5.44. The van der Waals surface area contributed by atoms with E-state index < -0.39 is 16.1 Å². The molecule has 2 aromatic carbocycles. The van der Waals surface area contributed by atoms with Gasteiger partial charge in [0.15, 0.2) is 6.73 Å². The number of halogens is 1. The molecule has 122 valence electrons. The fourth-order valence-corrected chi connectivity index (χ4v) is 2.28. The number of rotatable bonds is 5. The maximum atomic E-state index is 11.7. The van der Waals surface area contributed by atoms with E-state index in [1.165, 1.54) is 18.2 Å². The Morgan fingerprint density at radius 2 is 1.87 bits per heavy atom. The Morgan fingerprint density at radius 1 is 1.17 bits per heavy atom. The van der Waals surface area contributed by atoms with Gasteiger partial charge in [-0.3, -0.25) is 4.55 Å². The van der Waals surface area contributed by atoms with E-state index in [-0.39, 0.29) is 17.3 Å². The number of ether oxygens (including phenoxy) is 1. The van der Waals surface area contributed by atoms with E-state index in [4.69, 9.17) is 20.9 Å². The van der Waals surface area contributed by atoms with Gasteiger partial charge in [0.05, 0.1) is 4.90 Å². The van der Waals surface area contributed by atoms with Crippen LogP contribution in [0.3, 0.4) is 0 Å². The molecule has 7 nitrogen and oxygen atoms in total. The van der Waals surface area contributed by atoms with E-state index in [0.29, 0.717) is 10.8 Å². The molecule has 0 bridgehead atoms. The lowest BCUT2D eigenvalue weighted by Gasteiger charge is -2.10. The molecule has 2 amide bonds. The molecule has 0 heterocycles. The van der Waals surface area contributed by atoms with Crippen LogP contribution < -0.4 is 15.4 Å². The van der Waals surface area contributed by atoms with Crippen LogP contribution in [0.15, 0.2) is 53.4 Å². The molecule has 0 saturated heterocycles. The Labute approximate surface area is 138 Å². The van der Waals surface area contributed by atoms with E-state index in [1.54, 1.807) is 24.3 Å². The average molecular weight is 357 g/mol. The van der Waals surface area contributed by atoms with Crippen LogP contribution in [0.2, 0.25) is 5.02 Å². The van der Waals surface area contributed by atoms with E-state index in [2.05, 4.69) is 10.6 Å². The van der Waals surface area contributed by atoms with Crippen LogP contribution in [0, 0.1) is 0 Å². The maximum Gasteiger partial charge on any atom is 0.321 e. The number of benzene rings is 2.